The largest absolute Gasteiger partial charge is 0.354 e. The first-order valence-corrected chi connectivity index (χ1v) is 11.8. The Bertz CT molecular complexity index is 775. The van der Waals surface area contributed by atoms with E-state index in [9.17, 15) is 4.21 Å². The zero-order valence-electron chi connectivity index (χ0n) is 16.0. The first kappa shape index (κ1) is 20.0. The summed E-state index contributed by atoms with van der Waals surface area (Å²) in [5.74, 6) is 1.54. The lowest BCUT2D eigenvalue weighted by Gasteiger charge is -2.30. The molecule has 3 atom stereocenters. The van der Waals surface area contributed by atoms with E-state index in [-0.39, 0.29) is 0 Å². The molecule has 0 aliphatic heterocycles. The van der Waals surface area contributed by atoms with Gasteiger partial charge in [0.2, 0.25) is 0 Å². The minimum absolute atomic E-state index is 0.311. The van der Waals surface area contributed by atoms with Gasteiger partial charge in [0.1, 0.15) is 5.01 Å². The normalized spacial score (nSPS) is 21.6. The Morgan fingerprint density at radius 2 is 2.15 bits per heavy atom. The second-order valence-corrected chi connectivity index (χ2v) is 9.60. The molecular weight excluding hydrogens is 376 g/mol. The fraction of sp³-hybridized carbons (Fsp3) is 0.500. The predicted octanol–water partition coefficient (Wildman–Crippen LogP) is 3.55. The minimum atomic E-state index is -0.709. The van der Waals surface area contributed by atoms with Crippen LogP contribution in [0.25, 0.3) is 10.6 Å². The molecule has 2 N–H and O–H groups in total. The molecule has 0 bridgehead atoms. The van der Waals surface area contributed by atoms with Crippen molar-refractivity contribution in [3.63, 3.8) is 0 Å². The number of aliphatic imine (C=N–C) groups is 1. The number of benzene rings is 1. The lowest BCUT2D eigenvalue weighted by molar-refractivity contribution is 0.413. The van der Waals surface area contributed by atoms with Crippen LogP contribution < -0.4 is 10.6 Å². The van der Waals surface area contributed by atoms with Gasteiger partial charge in [-0.15, -0.1) is 11.3 Å². The molecule has 27 heavy (non-hydrogen) atoms. The highest BCUT2D eigenvalue weighted by Crippen LogP contribution is 2.24. The van der Waals surface area contributed by atoms with Gasteiger partial charge in [-0.2, -0.15) is 0 Å². The van der Waals surface area contributed by atoms with Crippen molar-refractivity contribution in [2.24, 2.45) is 4.99 Å². The van der Waals surface area contributed by atoms with Crippen LogP contribution in [-0.4, -0.2) is 39.2 Å². The van der Waals surface area contributed by atoms with Gasteiger partial charge in [-0.1, -0.05) is 43.7 Å². The number of aromatic nitrogens is 1. The van der Waals surface area contributed by atoms with Crippen molar-refractivity contribution in [1.82, 2.24) is 15.6 Å². The highest BCUT2D eigenvalue weighted by molar-refractivity contribution is 7.85. The Morgan fingerprint density at radius 1 is 1.33 bits per heavy atom. The van der Waals surface area contributed by atoms with Crippen LogP contribution in [0.2, 0.25) is 0 Å². The van der Waals surface area contributed by atoms with E-state index in [1.165, 1.54) is 0 Å². The summed E-state index contributed by atoms with van der Waals surface area (Å²) >= 11 is 1.66. The summed E-state index contributed by atoms with van der Waals surface area (Å²) in [6.07, 6.45) is 4.26. The molecular formula is C20H28N4OS2. The van der Waals surface area contributed by atoms with Gasteiger partial charge >= 0.3 is 0 Å². The zero-order chi connectivity index (χ0) is 19.1. The average Bonchev–Trinajstić information content (AvgIpc) is 3.20. The molecule has 3 unspecified atom stereocenters. The fourth-order valence-electron chi connectivity index (χ4n) is 3.41. The van der Waals surface area contributed by atoms with Gasteiger partial charge in [0.25, 0.3) is 0 Å². The topological polar surface area (TPSA) is 66.4 Å². The zero-order valence-corrected chi connectivity index (χ0v) is 17.6. The van der Waals surface area contributed by atoms with Crippen molar-refractivity contribution in [3.8, 4) is 10.6 Å². The molecule has 0 saturated heterocycles. The molecule has 1 aliphatic rings. The molecule has 1 fully saturated rings. The summed E-state index contributed by atoms with van der Waals surface area (Å²) in [6, 6.07) is 10.6. The fourth-order valence-corrected chi connectivity index (χ4v) is 5.59. The van der Waals surface area contributed by atoms with Gasteiger partial charge in [-0.3, -0.25) is 9.20 Å². The van der Waals surface area contributed by atoms with E-state index in [0.29, 0.717) is 17.8 Å². The van der Waals surface area contributed by atoms with Crippen molar-refractivity contribution < 1.29 is 4.21 Å². The molecule has 3 rings (SSSR count). The summed E-state index contributed by atoms with van der Waals surface area (Å²) in [5.41, 5.74) is 2.16. The number of guanidine groups is 1. The lowest BCUT2D eigenvalue weighted by atomic mass is 9.95. The molecule has 0 radical (unpaired) electrons. The monoisotopic (exact) mass is 404 g/mol. The third kappa shape index (κ3) is 5.62. The number of rotatable bonds is 6. The third-order valence-corrected chi connectivity index (χ3v) is 7.54. The van der Waals surface area contributed by atoms with Gasteiger partial charge in [-0.05, 0) is 19.3 Å². The number of nitrogens with zero attached hydrogens (tertiary/aromatic N) is 2. The first-order chi connectivity index (χ1) is 13.2. The summed E-state index contributed by atoms with van der Waals surface area (Å²) in [7, 11) is 1.08. The van der Waals surface area contributed by atoms with E-state index < -0.39 is 10.8 Å². The Balaban J connectivity index is 1.52. The van der Waals surface area contributed by atoms with Gasteiger partial charge in [0, 0.05) is 45.8 Å². The van der Waals surface area contributed by atoms with Crippen molar-refractivity contribution in [2.75, 3.05) is 12.8 Å². The van der Waals surface area contributed by atoms with Crippen molar-refractivity contribution in [2.45, 2.75) is 50.4 Å². The van der Waals surface area contributed by atoms with Crippen molar-refractivity contribution >= 4 is 28.1 Å². The van der Waals surface area contributed by atoms with E-state index in [4.69, 9.17) is 4.98 Å². The molecule has 1 aliphatic carbocycles. The molecule has 146 valence electrons. The van der Waals surface area contributed by atoms with Crippen molar-refractivity contribution in [3.05, 3.63) is 41.4 Å². The van der Waals surface area contributed by atoms with Crippen LogP contribution in [0.15, 0.2) is 40.7 Å². The average molecular weight is 405 g/mol. The van der Waals surface area contributed by atoms with Crippen LogP contribution in [0.3, 0.4) is 0 Å². The lowest BCUT2D eigenvalue weighted by Crippen LogP contribution is -2.46. The molecule has 5 nitrogen and oxygen atoms in total. The summed E-state index contributed by atoms with van der Waals surface area (Å²) < 4.78 is 12.1. The third-order valence-electron chi connectivity index (χ3n) is 4.86. The van der Waals surface area contributed by atoms with Gasteiger partial charge in [0.15, 0.2) is 5.96 Å². The van der Waals surface area contributed by atoms with E-state index >= 15 is 0 Å². The van der Waals surface area contributed by atoms with E-state index in [1.54, 1.807) is 18.4 Å². The van der Waals surface area contributed by atoms with Crippen LogP contribution >= 0.6 is 11.3 Å². The number of nitrogens with one attached hydrogen (secondary N) is 2. The highest BCUT2D eigenvalue weighted by atomic mass is 32.2. The molecule has 1 saturated carbocycles. The van der Waals surface area contributed by atoms with E-state index in [0.717, 1.165) is 53.7 Å². The maximum Gasteiger partial charge on any atom is 0.191 e. The van der Waals surface area contributed by atoms with E-state index in [2.05, 4.69) is 33.1 Å². The van der Waals surface area contributed by atoms with Gasteiger partial charge in [0.05, 0.1) is 12.2 Å². The van der Waals surface area contributed by atoms with Crippen LogP contribution in [0.1, 0.15) is 38.3 Å². The summed E-state index contributed by atoms with van der Waals surface area (Å²) in [5, 5.41) is 10.3. The first-order valence-electron chi connectivity index (χ1n) is 9.53. The van der Waals surface area contributed by atoms with Gasteiger partial charge < -0.3 is 10.6 Å². The molecule has 2 aromatic rings. The summed E-state index contributed by atoms with van der Waals surface area (Å²) in [4.78, 5) is 9.06. The Hall–Kier alpha value is -1.73. The van der Waals surface area contributed by atoms with Crippen molar-refractivity contribution in [1.29, 1.82) is 0 Å². The van der Waals surface area contributed by atoms with Gasteiger partial charge in [-0.25, -0.2) is 4.98 Å². The van der Waals surface area contributed by atoms with Crippen LogP contribution in [0, 0.1) is 0 Å². The smallest absolute Gasteiger partial charge is 0.191 e. The molecule has 1 aromatic carbocycles. The standard InChI is InChI=1S/C20H28N4OS2/c1-3-27(25)18-11-7-10-16(12-18)24-20(21-2)22-13-17-14-26-19(23-17)15-8-5-4-6-9-15/h4-6,8-9,14,16,18H,3,7,10-13H2,1-2H3,(H2,21,22,24). The SMILES string of the molecule is CCS(=O)C1CCCC(NC(=NC)NCc2csc(-c3ccccc3)n2)C1. The van der Waals surface area contributed by atoms with Crippen LogP contribution in [-0.2, 0) is 17.3 Å². The van der Waals surface area contributed by atoms with Crippen LogP contribution in [0.5, 0.6) is 0 Å². The maximum absolute atomic E-state index is 12.1. The maximum atomic E-state index is 12.1. The number of hydrogen-bond acceptors (Lipinski definition) is 4. The number of hydrogen-bond donors (Lipinski definition) is 2. The molecule has 0 amide bonds. The minimum Gasteiger partial charge on any atom is -0.354 e. The summed E-state index contributed by atoms with van der Waals surface area (Å²) in [6.45, 7) is 2.64. The highest BCUT2D eigenvalue weighted by Gasteiger charge is 2.26. The molecule has 1 heterocycles. The quantitative estimate of drug-likeness (QED) is 0.571. The predicted molar refractivity (Wildman–Crippen MR) is 116 cm³/mol. The molecule has 7 heteroatoms. The van der Waals surface area contributed by atoms with Crippen LogP contribution in [0.4, 0.5) is 0 Å². The second-order valence-electron chi connectivity index (χ2n) is 6.74. The number of thiazole rings is 1. The Labute approximate surface area is 168 Å². The molecule has 0 spiro atoms. The Morgan fingerprint density at radius 3 is 2.89 bits per heavy atom. The molecule has 1 aromatic heterocycles. The van der Waals surface area contributed by atoms with E-state index in [1.807, 2.05) is 25.1 Å². The second kappa shape index (κ2) is 9.99. The Kier molecular flexibility index (Phi) is 7.41.